The maximum Gasteiger partial charge on any atom is 0.435 e. The van der Waals surface area contributed by atoms with Crippen LogP contribution < -0.4 is 11.1 Å². The number of aromatic nitrogens is 4. The van der Waals surface area contributed by atoms with Gasteiger partial charge in [0.15, 0.2) is 11.6 Å². The number of benzene rings is 2. The summed E-state index contributed by atoms with van der Waals surface area (Å²) in [5.41, 5.74) is 6.45. The van der Waals surface area contributed by atoms with Crippen molar-refractivity contribution < 1.29 is 14.3 Å². The lowest BCUT2D eigenvalue weighted by Crippen LogP contribution is -2.27. The van der Waals surface area contributed by atoms with Gasteiger partial charge in [0.2, 0.25) is 5.91 Å². The van der Waals surface area contributed by atoms with Gasteiger partial charge in [-0.15, -0.1) is 5.10 Å². The molecule has 0 aliphatic carbocycles. The van der Waals surface area contributed by atoms with Crippen molar-refractivity contribution in [2.45, 2.75) is 33.3 Å². The molecule has 0 saturated carbocycles. The van der Waals surface area contributed by atoms with E-state index in [2.05, 4.69) is 52.5 Å². The Kier molecular flexibility index (Phi) is 6.89. The molecule has 0 spiro atoms. The number of carbonyl (C=O) groups is 2. The van der Waals surface area contributed by atoms with Crippen molar-refractivity contribution in [2.75, 3.05) is 11.1 Å². The molecule has 0 unspecified atom stereocenters. The Hall–Kier alpha value is -2.92. The molecule has 4 aromatic rings. The average molecular weight is 566 g/mol. The van der Waals surface area contributed by atoms with Crippen LogP contribution in [-0.4, -0.2) is 37.6 Å². The number of carbonyl (C=O) groups excluding carboxylic acids is 2. The van der Waals surface area contributed by atoms with E-state index in [4.69, 9.17) is 10.5 Å². The third kappa shape index (κ3) is 5.65. The molecular formula is C21H22Br2N6O3. The number of nitrogens with two attached hydrogens (primary N) is 1. The largest absolute Gasteiger partial charge is 0.442 e. The van der Waals surface area contributed by atoms with Crippen LogP contribution in [0.15, 0.2) is 45.3 Å². The van der Waals surface area contributed by atoms with Crippen LogP contribution in [0.5, 0.6) is 0 Å². The highest BCUT2D eigenvalue weighted by molar-refractivity contribution is 9.10. The second kappa shape index (κ2) is 9.29. The number of rotatable bonds is 1. The number of fused-ring (bicyclic) bond motifs is 2. The molecule has 0 fully saturated rings. The quantitative estimate of drug-likeness (QED) is 0.281. The first-order valence-electron chi connectivity index (χ1n) is 9.53. The van der Waals surface area contributed by atoms with Crippen molar-refractivity contribution in [1.29, 1.82) is 0 Å². The third-order valence-corrected chi connectivity index (χ3v) is 5.04. The lowest BCUT2D eigenvalue weighted by Gasteiger charge is -2.19. The molecule has 0 saturated heterocycles. The van der Waals surface area contributed by atoms with Gasteiger partial charge in [-0.25, -0.2) is 4.79 Å². The molecule has 168 valence electrons. The number of halogens is 2. The van der Waals surface area contributed by atoms with Crippen LogP contribution in [-0.2, 0) is 9.53 Å². The normalized spacial score (nSPS) is 11.2. The van der Waals surface area contributed by atoms with Crippen molar-refractivity contribution in [1.82, 2.24) is 20.0 Å². The van der Waals surface area contributed by atoms with Crippen LogP contribution in [0.4, 0.5) is 16.4 Å². The first-order chi connectivity index (χ1) is 14.9. The molecule has 11 heteroatoms. The Morgan fingerprint density at radius 2 is 1.72 bits per heavy atom. The molecule has 2 aromatic heterocycles. The van der Waals surface area contributed by atoms with Gasteiger partial charge in [-0.05, 0) is 57.2 Å². The number of H-pyrrole nitrogens is 1. The van der Waals surface area contributed by atoms with Gasteiger partial charge < -0.3 is 15.8 Å². The van der Waals surface area contributed by atoms with E-state index in [0.717, 1.165) is 24.5 Å². The van der Waals surface area contributed by atoms with Crippen LogP contribution in [0.1, 0.15) is 27.7 Å². The Bertz CT molecular complexity index is 1310. The van der Waals surface area contributed by atoms with Crippen LogP contribution in [0.25, 0.3) is 21.8 Å². The van der Waals surface area contributed by atoms with Crippen LogP contribution in [0, 0.1) is 0 Å². The number of hydrogen-bond acceptors (Lipinski definition) is 6. The number of amides is 1. The molecule has 0 bridgehead atoms. The highest BCUT2D eigenvalue weighted by Gasteiger charge is 2.22. The predicted molar refractivity (Wildman–Crippen MR) is 132 cm³/mol. The van der Waals surface area contributed by atoms with Crippen molar-refractivity contribution in [2.24, 2.45) is 0 Å². The van der Waals surface area contributed by atoms with Gasteiger partial charge in [0.1, 0.15) is 5.60 Å². The minimum atomic E-state index is -0.629. The zero-order chi connectivity index (χ0) is 23.6. The Balaban J connectivity index is 0.000000219. The lowest BCUT2D eigenvalue weighted by atomic mass is 10.2. The average Bonchev–Trinajstić information content (AvgIpc) is 3.21. The number of ether oxygens (including phenoxy) is 1. The Morgan fingerprint density at radius 3 is 2.34 bits per heavy atom. The number of aromatic amines is 1. The SMILES string of the molecule is CC(=O)Nc1nn(C(=O)OC(C)(C)C)c2cc(Br)ccc12.Nc1n[nH]c2cc(Br)ccc12. The molecule has 0 radical (unpaired) electrons. The summed E-state index contributed by atoms with van der Waals surface area (Å²) in [4.78, 5) is 23.5. The fraction of sp³-hybridized carbons (Fsp3) is 0.238. The molecule has 32 heavy (non-hydrogen) atoms. The van der Waals surface area contributed by atoms with E-state index in [9.17, 15) is 9.59 Å². The summed E-state index contributed by atoms with van der Waals surface area (Å²) in [6, 6.07) is 11.1. The molecular weight excluding hydrogens is 544 g/mol. The second-order valence-corrected chi connectivity index (χ2v) is 9.71. The fourth-order valence-corrected chi connectivity index (χ4v) is 3.51. The van der Waals surface area contributed by atoms with E-state index < -0.39 is 11.7 Å². The highest BCUT2D eigenvalue weighted by atomic mass is 79.9. The van der Waals surface area contributed by atoms with Crippen molar-refractivity contribution in [3.63, 3.8) is 0 Å². The highest BCUT2D eigenvalue weighted by Crippen LogP contribution is 2.27. The van der Waals surface area contributed by atoms with Gasteiger partial charge in [0, 0.05) is 26.6 Å². The number of anilines is 2. The number of nitrogens with zero attached hydrogens (tertiary/aromatic N) is 3. The van der Waals surface area contributed by atoms with Crippen molar-refractivity contribution in [3.05, 3.63) is 45.3 Å². The standard InChI is InChI=1S/C14H16BrN3O3.C7H6BrN3/c1-8(19)16-12-10-6-5-9(15)7-11(10)18(17-12)13(20)21-14(2,3)4;8-4-1-2-5-6(3-4)10-11-7(5)9/h5-7H,1-4H3,(H,16,17,19);1-3H,(H3,9,10,11). The predicted octanol–water partition coefficient (Wildman–Crippen LogP) is 5.45. The summed E-state index contributed by atoms with van der Waals surface area (Å²) < 4.78 is 8.29. The summed E-state index contributed by atoms with van der Waals surface area (Å²) in [5, 5.41) is 15.1. The van der Waals surface area contributed by atoms with Crippen LogP contribution >= 0.6 is 31.9 Å². The molecule has 1 amide bonds. The first-order valence-corrected chi connectivity index (χ1v) is 11.1. The number of nitrogen functional groups attached to an aromatic ring is 1. The summed E-state index contributed by atoms with van der Waals surface area (Å²) in [5.74, 6) is 0.622. The van der Waals surface area contributed by atoms with E-state index in [1.165, 1.54) is 6.92 Å². The molecule has 4 rings (SSSR count). The summed E-state index contributed by atoms with van der Waals surface area (Å²) in [6.07, 6.45) is -0.595. The minimum Gasteiger partial charge on any atom is -0.442 e. The summed E-state index contributed by atoms with van der Waals surface area (Å²) >= 11 is 6.71. The molecule has 2 heterocycles. The van der Waals surface area contributed by atoms with Crippen LogP contribution in [0.3, 0.4) is 0 Å². The molecule has 2 aromatic carbocycles. The maximum atomic E-state index is 12.2. The van der Waals surface area contributed by atoms with Gasteiger partial charge >= 0.3 is 6.09 Å². The second-order valence-electron chi connectivity index (χ2n) is 7.88. The minimum absolute atomic E-state index is 0.256. The Morgan fingerprint density at radius 1 is 1.09 bits per heavy atom. The molecule has 0 aliphatic heterocycles. The van der Waals surface area contributed by atoms with E-state index in [-0.39, 0.29) is 5.91 Å². The van der Waals surface area contributed by atoms with Crippen LogP contribution in [0.2, 0.25) is 0 Å². The number of nitrogens with one attached hydrogen (secondary N) is 2. The zero-order valence-electron chi connectivity index (χ0n) is 17.9. The fourth-order valence-electron chi connectivity index (χ4n) is 2.80. The van der Waals surface area contributed by atoms with Crippen molar-refractivity contribution >= 4 is 77.3 Å². The topological polar surface area (TPSA) is 128 Å². The van der Waals surface area contributed by atoms with Gasteiger partial charge in [-0.2, -0.15) is 9.78 Å². The summed E-state index contributed by atoms with van der Waals surface area (Å²) in [6.45, 7) is 6.72. The molecule has 0 aliphatic rings. The lowest BCUT2D eigenvalue weighted by molar-refractivity contribution is -0.114. The van der Waals surface area contributed by atoms with E-state index in [1.54, 1.807) is 32.9 Å². The zero-order valence-corrected chi connectivity index (χ0v) is 21.0. The maximum absolute atomic E-state index is 12.2. The van der Waals surface area contributed by atoms with Gasteiger partial charge in [-0.1, -0.05) is 31.9 Å². The molecule has 0 atom stereocenters. The monoisotopic (exact) mass is 564 g/mol. The van der Waals surface area contributed by atoms with Gasteiger partial charge in [0.25, 0.3) is 0 Å². The number of hydrogen-bond donors (Lipinski definition) is 3. The third-order valence-electron chi connectivity index (χ3n) is 4.06. The molecule has 9 nitrogen and oxygen atoms in total. The van der Waals surface area contributed by atoms with Crippen molar-refractivity contribution in [3.8, 4) is 0 Å². The van der Waals surface area contributed by atoms with E-state index in [1.807, 2.05) is 24.3 Å². The first kappa shape index (κ1) is 23.7. The van der Waals surface area contributed by atoms with Gasteiger partial charge in [-0.3, -0.25) is 9.89 Å². The molecule has 4 N–H and O–H groups in total. The Labute approximate surface area is 200 Å². The smallest absolute Gasteiger partial charge is 0.435 e. The summed E-state index contributed by atoms with van der Waals surface area (Å²) in [7, 11) is 0. The van der Waals surface area contributed by atoms with Gasteiger partial charge in [0.05, 0.1) is 11.0 Å². The van der Waals surface area contributed by atoms with E-state index in [0.29, 0.717) is 22.5 Å². The van der Waals surface area contributed by atoms with E-state index >= 15 is 0 Å².